The van der Waals surface area contributed by atoms with E-state index in [-0.39, 0.29) is 5.69 Å². The van der Waals surface area contributed by atoms with Crippen molar-refractivity contribution < 1.29 is 14.6 Å². The predicted molar refractivity (Wildman–Crippen MR) is 60.7 cm³/mol. The normalized spacial score (nSPS) is 17.1. The molecule has 6 nitrogen and oxygen atoms in total. The van der Waals surface area contributed by atoms with Crippen molar-refractivity contribution in [2.75, 3.05) is 19.0 Å². The van der Waals surface area contributed by atoms with Crippen molar-refractivity contribution in [1.29, 1.82) is 0 Å². The largest absolute Gasteiger partial charge is 0.464 e. The molecule has 0 atom stereocenters. The first-order chi connectivity index (χ1) is 8.13. The van der Waals surface area contributed by atoms with Crippen molar-refractivity contribution in [2.45, 2.75) is 24.9 Å². The van der Waals surface area contributed by atoms with Crippen LogP contribution in [0.25, 0.3) is 0 Å². The third-order valence-corrected chi connectivity index (χ3v) is 2.94. The standard InChI is InChI=1S/C11H15N3O3/c1-17-10(15)8-3-4-9(14-13-8)12-7-11(16)5-2-6-11/h3-4,16H,2,5-7H2,1H3,(H,12,14). The highest BCUT2D eigenvalue weighted by atomic mass is 16.5. The van der Waals surface area contributed by atoms with E-state index < -0.39 is 11.6 Å². The number of ether oxygens (including phenoxy) is 1. The molecule has 0 aromatic carbocycles. The number of rotatable bonds is 4. The summed E-state index contributed by atoms with van der Waals surface area (Å²) in [6, 6.07) is 3.17. The number of methoxy groups -OCH3 is 1. The highest BCUT2D eigenvalue weighted by Crippen LogP contribution is 2.31. The molecule has 0 unspecified atom stereocenters. The Bertz CT molecular complexity index is 401. The number of hydrogen-bond donors (Lipinski definition) is 2. The maximum absolute atomic E-state index is 11.1. The van der Waals surface area contributed by atoms with Crippen LogP contribution in [0.15, 0.2) is 12.1 Å². The Labute approximate surface area is 99.0 Å². The van der Waals surface area contributed by atoms with Gasteiger partial charge in [-0.2, -0.15) is 0 Å². The summed E-state index contributed by atoms with van der Waals surface area (Å²) in [4.78, 5) is 11.1. The molecule has 1 heterocycles. The van der Waals surface area contributed by atoms with Crippen molar-refractivity contribution in [1.82, 2.24) is 10.2 Å². The molecule has 0 spiro atoms. The molecule has 6 heteroatoms. The summed E-state index contributed by atoms with van der Waals surface area (Å²) < 4.78 is 4.52. The molecule has 1 aromatic heterocycles. The van der Waals surface area contributed by atoms with Crippen LogP contribution in [0.3, 0.4) is 0 Å². The highest BCUT2D eigenvalue weighted by molar-refractivity contribution is 5.86. The van der Waals surface area contributed by atoms with Crippen LogP contribution in [0, 0.1) is 0 Å². The van der Waals surface area contributed by atoms with E-state index in [2.05, 4.69) is 20.3 Å². The minimum Gasteiger partial charge on any atom is -0.464 e. The number of anilines is 1. The van der Waals surface area contributed by atoms with E-state index in [9.17, 15) is 9.90 Å². The molecular weight excluding hydrogens is 222 g/mol. The van der Waals surface area contributed by atoms with Crippen molar-refractivity contribution in [3.8, 4) is 0 Å². The molecule has 1 saturated carbocycles. The lowest BCUT2D eigenvalue weighted by Crippen LogP contribution is -2.43. The van der Waals surface area contributed by atoms with E-state index in [0.717, 1.165) is 19.3 Å². The first kappa shape index (κ1) is 11.8. The number of carbonyl (C=O) groups excluding carboxylic acids is 1. The van der Waals surface area contributed by atoms with Crippen LogP contribution in [0.2, 0.25) is 0 Å². The molecule has 1 fully saturated rings. The fourth-order valence-corrected chi connectivity index (χ4v) is 1.66. The molecule has 92 valence electrons. The summed E-state index contributed by atoms with van der Waals surface area (Å²) in [6.45, 7) is 0.458. The molecule has 0 radical (unpaired) electrons. The molecule has 0 saturated heterocycles. The summed E-state index contributed by atoms with van der Waals surface area (Å²) in [7, 11) is 1.29. The van der Waals surface area contributed by atoms with Crippen molar-refractivity contribution in [3.05, 3.63) is 17.8 Å². The van der Waals surface area contributed by atoms with E-state index in [1.54, 1.807) is 6.07 Å². The van der Waals surface area contributed by atoms with Gasteiger partial charge in [0.2, 0.25) is 0 Å². The number of nitrogens with zero attached hydrogens (tertiary/aromatic N) is 2. The lowest BCUT2D eigenvalue weighted by molar-refractivity contribution is -0.0202. The van der Waals surface area contributed by atoms with E-state index in [1.165, 1.54) is 13.2 Å². The molecule has 2 rings (SSSR count). The van der Waals surface area contributed by atoms with Crippen LogP contribution in [0.4, 0.5) is 5.82 Å². The van der Waals surface area contributed by atoms with Gasteiger partial charge >= 0.3 is 5.97 Å². The second-order valence-corrected chi connectivity index (χ2v) is 4.23. The zero-order chi connectivity index (χ0) is 12.3. The second kappa shape index (κ2) is 4.67. The maximum Gasteiger partial charge on any atom is 0.358 e. The van der Waals surface area contributed by atoms with E-state index >= 15 is 0 Å². The van der Waals surface area contributed by atoms with Gasteiger partial charge in [0, 0.05) is 6.54 Å². The minimum atomic E-state index is -0.608. The first-order valence-corrected chi connectivity index (χ1v) is 5.51. The first-order valence-electron chi connectivity index (χ1n) is 5.51. The molecule has 0 bridgehead atoms. The van der Waals surface area contributed by atoms with Crippen LogP contribution < -0.4 is 5.32 Å². The summed E-state index contributed by atoms with van der Waals surface area (Å²) in [6.07, 6.45) is 2.69. The number of esters is 1. The van der Waals surface area contributed by atoms with Gasteiger partial charge in [-0.15, -0.1) is 10.2 Å². The van der Waals surface area contributed by atoms with Gasteiger partial charge in [0.15, 0.2) is 5.69 Å². The smallest absolute Gasteiger partial charge is 0.358 e. The third-order valence-electron chi connectivity index (χ3n) is 2.94. The van der Waals surface area contributed by atoms with E-state index in [4.69, 9.17) is 0 Å². The molecule has 0 aliphatic heterocycles. The number of aliphatic hydroxyl groups is 1. The molecule has 1 aromatic rings. The zero-order valence-corrected chi connectivity index (χ0v) is 9.64. The van der Waals surface area contributed by atoms with Crippen LogP contribution in [-0.2, 0) is 4.74 Å². The minimum absolute atomic E-state index is 0.167. The summed E-state index contributed by atoms with van der Waals surface area (Å²) >= 11 is 0. The predicted octanol–water partition coefficient (Wildman–Crippen LogP) is 0.590. The van der Waals surface area contributed by atoms with Crippen LogP contribution in [0.5, 0.6) is 0 Å². The third kappa shape index (κ3) is 2.71. The van der Waals surface area contributed by atoms with Crippen molar-refractivity contribution in [2.24, 2.45) is 0 Å². The van der Waals surface area contributed by atoms with Crippen LogP contribution in [0.1, 0.15) is 29.8 Å². The van der Waals surface area contributed by atoms with Gasteiger partial charge in [-0.3, -0.25) is 0 Å². The molecular formula is C11H15N3O3. The number of carbonyl (C=O) groups is 1. The van der Waals surface area contributed by atoms with Gasteiger partial charge < -0.3 is 15.2 Å². The monoisotopic (exact) mass is 237 g/mol. The van der Waals surface area contributed by atoms with Gasteiger partial charge in [-0.1, -0.05) is 0 Å². The number of nitrogens with one attached hydrogen (secondary N) is 1. The van der Waals surface area contributed by atoms with E-state index in [1.807, 2.05) is 0 Å². The Morgan fingerprint density at radius 2 is 2.29 bits per heavy atom. The summed E-state index contributed by atoms with van der Waals surface area (Å²) in [5, 5.41) is 20.4. The number of aromatic nitrogens is 2. The van der Waals surface area contributed by atoms with Crippen molar-refractivity contribution >= 4 is 11.8 Å². The summed E-state index contributed by atoms with van der Waals surface area (Å²) in [5.41, 5.74) is -0.441. The van der Waals surface area contributed by atoms with Gasteiger partial charge in [-0.25, -0.2) is 4.79 Å². The van der Waals surface area contributed by atoms with Gasteiger partial charge in [0.25, 0.3) is 0 Å². The molecule has 2 N–H and O–H groups in total. The summed E-state index contributed by atoms with van der Waals surface area (Å²) in [5.74, 6) is 0.0275. The SMILES string of the molecule is COC(=O)c1ccc(NCC2(O)CCC2)nn1. The highest BCUT2D eigenvalue weighted by Gasteiger charge is 2.34. The maximum atomic E-state index is 11.1. The molecule has 1 aliphatic carbocycles. The van der Waals surface area contributed by atoms with Gasteiger partial charge in [0.05, 0.1) is 12.7 Å². The quantitative estimate of drug-likeness (QED) is 0.745. The Morgan fingerprint density at radius 3 is 2.76 bits per heavy atom. The second-order valence-electron chi connectivity index (χ2n) is 4.23. The molecule has 1 aliphatic rings. The Kier molecular flexibility index (Phi) is 3.23. The van der Waals surface area contributed by atoms with Gasteiger partial charge in [0.1, 0.15) is 5.82 Å². The Morgan fingerprint density at radius 1 is 1.53 bits per heavy atom. The lowest BCUT2D eigenvalue weighted by Gasteiger charge is -2.36. The fourth-order valence-electron chi connectivity index (χ4n) is 1.66. The van der Waals surface area contributed by atoms with Crippen LogP contribution in [-0.4, -0.2) is 40.5 Å². The molecule has 17 heavy (non-hydrogen) atoms. The molecule has 0 amide bonds. The average molecular weight is 237 g/mol. The van der Waals surface area contributed by atoms with E-state index in [0.29, 0.717) is 12.4 Å². The number of hydrogen-bond acceptors (Lipinski definition) is 6. The van der Waals surface area contributed by atoms with Crippen molar-refractivity contribution in [3.63, 3.8) is 0 Å². The van der Waals surface area contributed by atoms with Gasteiger partial charge in [-0.05, 0) is 31.4 Å². The lowest BCUT2D eigenvalue weighted by atomic mass is 9.80. The Balaban J connectivity index is 1.91. The Hall–Kier alpha value is -1.69. The topological polar surface area (TPSA) is 84.3 Å². The fraction of sp³-hybridized carbons (Fsp3) is 0.545. The average Bonchev–Trinajstić information content (AvgIpc) is 2.33. The zero-order valence-electron chi connectivity index (χ0n) is 9.64. The van der Waals surface area contributed by atoms with Crippen LogP contribution >= 0.6 is 0 Å².